The van der Waals surface area contributed by atoms with Crippen LogP contribution in [0.1, 0.15) is 70.8 Å². The fourth-order valence-corrected chi connectivity index (χ4v) is 3.02. The minimum atomic E-state index is 0.164. The molecule has 19 heavy (non-hydrogen) atoms. The van der Waals surface area contributed by atoms with E-state index in [0.29, 0.717) is 11.8 Å². The molecule has 2 atom stereocenters. The highest BCUT2D eigenvalue weighted by molar-refractivity contribution is 5.38. The van der Waals surface area contributed by atoms with E-state index in [0.717, 1.165) is 18.4 Å². The van der Waals surface area contributed by atoms with Crippen molar-refractivity contribution in [3.05, 3.63) is 23.8 Å². The van der Waals surface area contributed by atoms with Crippen LogP contribution in [0, 0.1) is 5.92 Å². The summed E-state index contributed by atoms with van der Waals surface area (Å²) >= 11 is 0. The monoisotopic (exact) mass is 264 g/mol. The summed E-state index contributed by atoms with van der Waals surface area (Å²) in [5.41, 5.74) is 1.07. The number of hydrogen-bond acceptors (Lipinski definition) is 2. The van der Waals surface area contributed by atoms with Crippen LogP contribution in [0.4, 0.5) is 0 Å². The topological polar surface area (TPSA) is 40.5 Å². The summed E-state index contributed by atoms with van der Waals surface area (Å²) in [4.78, 5) is 0. The van der Waals surface area contributed by atoms with Crippen molar-refractivity contribution in [3.63, 3.8) is 0 Å². The van der Waals surface area contributed by atoms with Crippen molar-refractivity contribution < 1.29 is 10.2 Å². The van der Waals surface area contributed by atoms with Gasteiger partial charge in [-0.15, -0.1) is 0 Å². The maximum Gasteiger partial charge on any atom is 0.119 e. The summed E-state index contributed by atoms with van der Waals surface area (Å²) in [5, 5.41) is 19.3. The van der Waals surface area contributed by atoms with Crippen LogP contribution in [-0.4, -0.2) is 10.2 Å². The van der Waals surface area contributed by atoms with Crippen LogP contribution < -0.4 is 0 Å². The Morgan fingerprint density at radius 2 is 1.53 bits per heavy atom. The van der Waals surface area contributed by atoms with Gasteiger partial charge in [-0.05, 0) is 42.4 Å². The lowest BCUT2D eigenvalue weighted by Gasteiger charge is -2.26. The van der Waals surface area contributed by atoms with Crippen LogP contribution >= 0.6 is 0 Å². The summed E-state index contributed by atoms with van der Waals surface area (Å²) in [5.74, 6) is 1.39. The average Bonchev–Trinajstić information content (AvgIpc) is 2.36. The molecule has 2 N–H and O–H groups in total. The molecule has 0 aromatic heterocycles. The van der Waals surface area contributed by atoms with Gasteiger partial charge >= 0.3 is 0 Å². The molecule has 1 rings (SSSR count). The zero-order chi connectivity index (χ0) is 14.3. The van der Waals surface area contributed by atoms with Crippen LogP contribution in [0.2, 0.25) is 0 Å². The molecular formula is C17H28O2. The first kappa shape index (κ1) is 15.9. The Morgan fingerprint density at radius 3 is 2.00 bits per heavy atom. The second-order valence-corrected chi connectivity index (χ2v) is 5.46. The second-order valence-electron chi connectivity index (χ2n) is 5.46. The zero-order valence-corrected chi connectivity index (χ0v) is 12.5. The first-order valence-electron chi connectivity index (χ1n) is 7.65. The lowest BCUT2D eigenvalue weighted by Crippen LogP contribution is -2.12. The van der Waals surface area contributed by atoms with Crippen LogP contribution in [0.25, 0.3) is 0 Å². The molecule has 0 spiro atoms. The van der Waals surface area contributed by atoms with Gasteiger partial charge in [-0.1, -0.05) is 46.5 Å². The summed E-state index contributed by atoms with van der Waals surface area (Å²) in [6, 6.07) is 5.00. The number of rotatable bonds is 8. The van der Waals surface area contributed by atoms with Crippen molar-refractivity contribution in [2.24, 2.45) is 5.92 Å². The molecular weight excluding hydrogens is 236 g/mol. The second kappa shape index (κ2) is 8.08. The lowest BCUT2D eigenvalue weighted by atomic mass is 9.79. The molecule has 2 unspecified atom stereocenters. The Balaban J connectivity index is 2.83. The molecule has 0 saturated carbocycles. The number of hydrogen-bond donors (Lipinski definition) is 2. The van der Waals surface area contributed by atoms with Crippen molar-refractivity contribution in [2.45, 2.75) is 65.2 Å². The first-order chi connectivity index (χ1) is 9.12. The van der Waals surface area contributed by atoms with Gasteiger partial charge < -0.3 is 10.2 Å². The molecule has 1 aromatic carbocycles. The predicted octanol–water partition coefficient (Wildman–Crippen LogP) is 5.20. The molecule has 0 fully saturated rings. The van der Waals surface area contributed by atoms with Crippen molar-refractivity contribution in [1.82, 2.24) is 0 Å². The largest absolute Gasteiger partial charge is 0.508 e. The van der Waals surface area contributed by atoms with E-state index < -0.39 is 0 Å². The highest BCUT2D eigenvalue weighted by Gasteiger charge is 2.20. The maximum atomic E-state index is 9.65. The van der Waals surface area contributed by atoms with E-state index in [9.17, 15) is 10.2 Å². The van der Waals surface area contributed by atoms with Crippen LogP contribution in [0.3, 0.4) is 0 Å². The molecule has 0 amide bonds. The molecule has 108 valence electrons. The molecule has 0 aliphatic rings. The summed E-state index contributed by atoms with van der Waals surface area (Å²) in [7, 11) is 0. The average molecular weight is 264 g/mol. The minimum Gasteiger partial charge on any atom is -0.508 e. The first-order valence-corrected chi connectivity index (χ1v) is 7.65. The fourth-order valence-electron chi connectivity index (χ4n) is 3.02. The van der Waals surface area contributed by atoms with Crippen LogP contribution in [-0.2, 0) is 0 Å². The molecule has 0 saturated heterocycles. The van der Waals surface area contributed by atoms with Gasteiger partial charge in [-0.3, -0.25) is 0 Å². The number of aromatic hydroxyl groups is 2. The number of phenolic OH excluding ortho intramolecular Hbond substituents is 2. The van der Waals surface area contributed by atoms with E-state index in [2.05, 4.69) is 20.8 Å². The van der Waals surface area contributed by atoms with E-state index in [1.807, 2.05) is 0 Å². The minimum absolute atomic E-state index is 0.164. The maximum absolute atomic E-state index is 9.65. The third kappa shape index (κ3) is 4.77. The van der Waals surface area contributed by atoms with Gasteiger partial charge in [0.15, 0.2) is 0 Å². The lowest BCUT2D eigenvalue weighted by molar-refractivity contribution is 0.358. The van der Waals surface area contributed by atoms with Crippen LogP contribution in [0.5, 0.6) is 11.5 Å². The van der Waals surface area contributed by atoms with Crippen molar-refractivity contribution in [3.8, 4) is 11.5 Å². The summed E-state index contributed by atoms with van der Waals surface area (Å²) in [6.45, 7) is 6.65. The van der Waals surface area contributed by atoms with Gasteiger partial charge in [0, 0.05) is 6.07 Å². The third-order valence-electron chi connectivity index (χ3n) is 4.06. The molecule has 2 nitrogen and oxygen atoms in total. The standard InChI is InChI=1S/C17H28O2/c1-4-7-8-9-13(5-2)17(6-3)14-10-15(18)12-16(19)11-14/h10-13,17-19H,4-9H2,1-3H3. The van der Waals surface area contributed by atoms with Gasteiger partial charge in [0.05, 0.1) is 0 Å². The van der Waals surface area contributed by atoms with E-state index in [1.54, 1.807) is 12.1 Å². The van der Waals surface area contributed by atoms with Gasteiger partial charge in [-0.2, -0.15) is 0 Å². The normalized spacial score (nSPS) is 14.3. The van der Waals surface area contributed by atoms with E-state index in [1.165, 1.54) is 31.7 Å². The SMILES string of the molecule is CCCCCC(CC)C(CC)c1cc(O)cc(O)c1. The Bertz CT molecular complexity index is 353. The van der Waals surface area contributed by atoms with E-state index in [-0.39, 0.29) is 11.5 Å². The Morgan fingerprint density at radius 1 is 0.895 bits per heavy atom. The van der Waals surface area contributed by atoms with E-state index >= 15 is 0 Å². The van der Waals surface area contributed by atoms with Gasteiger partial charge in [0.25, 0.3) is 0 Å². The molecule has 0 heterocycles. The fraction of sp³-hybridized carbons (Fsp3) is 0.647. The molecule has 0 radical (unpaired) electrons. The quantitative estimate of drug-likeness (QED) is 0.634. The predicted molar refractivity (Wildman–Crippen MR) is 80.7 cm³/mol. The third-order valence-corrected chi connectivity index (χ3v) is 4.06. The molecule has 1 aromatic rings. The number of unbranched alkanes of at least 4 members (excludes halogenated alkanes) is 2. The van der Waals surface area contributed by atoms with E-state index in [4.69, 9.17) is 0 Å². The Labute approximate surface area is 117 Å². The number of phenols is 2. The Kier molecular flexibility index (Phi) is 6.75. The van der Waals surface area contributed by atoms with Gasteiger partial charge in [-0.25, -0.2) is 0 Å². The Hall–Kier alpha value is -1.18. The van der Waals surface area contributed by atoms with Crippen LogP contribution in [0.15, 0.2) is 18.2 Å². The highest BCUT2D eigenvalue weighted by Crippen LogP contribution is 2.36. The van der Waals surface area contributed by atoms with Gasteiger partial charge in [0.1, 0.15) is 11.5 Å². The smallest absolute Gasteiger partial charge is 0.119 e. The highest BCUT2D eigenvalue weighted by atomic mass is 16.3. The number of benzene rings is 1. The molecule has 0 bridgehead atoms. The molecule has 0 aliphatic heterocycles. The summed E-state index contributed by atoms with van der Waals surface area (Å²) < 4.78 is 0. The zero-order valence-electron chi connectivity index (χ0n) is 12.5. The van der Waals surface area contributed by atoms with Gasteiger partial charge in [0.2, 0.25) is 0 Å². The van der Waals surface area contributed by atoms with Crippen molar-refractivity contribution >= 4 is 0 Å². The molecule has 0 aliphatic carbocycles. The van der Waals surface area contributed by atoms with Crippen molar-refractivity contribution in [2.75, 3.05) is 0 Å². The van der Waals surface area contributed by atoms with Crippen molar-refractivity contribution in [1.29, 1.82) is 0 Å². The molecule has 2 heteroatoms. The summed E-state index contributed by atoms with van der Waals surface area (Å²) in [6.07, 6.45) is 7.25.